The van der Waals surface area contributed by atoms with Crippen LogP contribution in [0.1, 0.15) is 5.69 Å². The maximum atomic E-state index is 3.44. The van der Waals surface area contributed by atoms with Crippen molar-refractivity contribution in [1.82, 2.24) is 4.98 Å². The lowest BCUT2D eigenvalue weighted by Gasteiger charge is -2.17. The fourth-order valence-electron chi connectivity index (χ4n) is 2.73. The van der Waals surface area contributed by atoms with E-state index < -0.39 is 0 Å². The summed E-state index contributed by atoms with van der Waals surface area (Å²) in [4.78, 5) is 7.11. The van der Waals surface area contributed by atoms with Crippen LogP contribution in [0.25, 0.3) is 17.0 Å². The second-order valence-electron chi connectivity index (χ2n) is 5.26. The highest BCUT2D eigenvalue weighted by Gasteiger charge is 2.24. The normalized spacial score (nSPS) is 17.8. The third-order valence-electron chi connectivity index (χ3n) is 3.87. The summed E-state index contributed by atoms with van der Waals surface area (Å²) in [5.74, 6) is 0. The van der Waals surface area contributed by atoms with Crippen LogP contribution in [0.5, 0.6) is 0 Å². The van der Waals surface area contributed by atoms with E-state index in [1.54, 1.807) is 0 Å². The van der Waals surface area contributed by atoms with E-state index in [1.165, 1.54) is 21.5 Å². The first-order chi connectivity index (χ1) is 10.3. The average Bonchev–Trinajstić information content (AvgIpc) is 3.07. The van der Waals surface area contributed by atoms with Gasteiger partial charge in [-0.2, -0.15) is 0 Å². The van der Waals surface area contributed by atoms with Crippen LogP contribution in [0.15, 0.2) is 65.6 Å². The summed E-state index contributed by atoms with van der Waals surface area (Å²) in [5, 5.41) is 1.61. The van der Waals surface area contributed by atoms with E-state index in [0.29, 0.717) is 5.37 Å². The zero-order valence-electron chi connectivity index (χ0n) is 11.8. The molecule has 1 aromatic heterocycles. The first-order valence-corrected chi connectivity index (χ1v) is 7.94. The Labute approximate surface area is 128 Å². The van der Waals surface area contributed by atoms with Gasteiger partial charge in [-0.25, -0.2) is 0 Å². The highest BCUT2D eigenvalue weighted by Crippen LogP contribution is 2.42. The lowest BCUT2D eigenvalue weighted by atomic mass is 10.2. The maximum absolute atomic E-state index is 3.44. The van der Waals surface area contributed by atoms with Gasteiger partial charge in [0.25, 0.3) is 0 Å². The first kappa shape index (κ1) is 12.6. The summed E-state index contributed by atoms with van der Waals surface area (Å²) in [6, 6.07) is 19.1. The minimum absolute atomic E-state index is 0.355. The molecule has 0 radical (unpaired) electrons. The van der Waals surface area contributed by atoms with Crippen molar-refractivity contribution in [2.45, 2.75) is 10.3 Å². The minimum atomic E-state index is 0.355. The van der Waals surface area contributed by atoms with E-state index in [9.17, 15) is 0 Å². The molecule has 0 aliphatic carbocycles. The number of hydrogen-bond donors (Lipinski definition) is 1. The van der Waals surface area contributed by atoms with Gasteiger partial charge in [0.15, 0.2) is 0 Å². The van der Waals surface area contributed by atoms with Gasteiger partial charge in [-0.15, -0.1) is 0 Å². The van der Waals surface area contributed by atoms with Gasteiger partial charge in [0.05, 0.1) is 11.1 Å². The van der Waals surface area contributed by atoms with E-state index in [4.69, 9.17) is 0 Å². The number of benzene rings is 2. The van der Waals surface area contributed by atoms with Gasteiger partial charge < -0.3 is 9.88 Å². The van der Waals surface area contributed by atoms with Crippen molar-refractivity contribution in [1.29, 1.82) is 0 Å². The molecule has 0 fully saturated rings. The monoisotopic (exact) mass is 292 g/mol. The number of nitrogens with zero attached hydrogens (tertiary/aromatic N) is 1. The molecule has 0 saturated carbocycles. The number of fused-ring (bicyclic) bond motifs is 2. The highest BCUT2D eigenvalue weighted by atomic mass is 32.2. The van der Waals surface area contributed by atoms with Crippen molar-refractivity contribution in [3.63, 3.8) is 0 Å². The lowest BCUT2D eigenvalue weighted by molar-refractivity contribution is 0.993. The fourth-order valence-corrected chi connectivity index (χ4v) is 3.91. The number of rotatable bonds is 2. The molecule has 1 aliphatic heterocycles. The molecule has 2 nitrogen and oxygen atoms in total. The van der Waals surface area contributed by atoms with Crippen molar-refractivity contribution in [2.75, 3.05) is 11.9 Å². The van der Waals surface area contributed by atoms with E-state index in [1.807, 2.05) is 11.8 Å². The molecule has 1 aliphatic rings. The summed E-state index contributed by atoms with van der Waals surface area (Å²) >= 11 is 1.90. The standard InChI is InChI=1S/C18H16N2S/c1-20-16-8-4-5-9-17(16)21-18(20)11-10-14-12-13-6-2-3-7-15(13)19-14/h2-12,18-19H,1H3/b11-10+. The second-order valence-corrected chi connectivity index (χ2v) is 6.42. The smallest absolute Gasteiger partial charge is 0.0983 e. The SMILES string of the molecule is CN1c2ccccc2SC1/C=C/c1cc2ccccc2[nH]1. The number of likely N-dealkylation sites (N-methyl/N-ethyl adjacent to an activating group) is 1. The van der Waals surface area contributed by atoms with Crippen LogP contribution < -0.4 is 4.90 Å². The number of aromatic amines is 1. The van der Waals surface area contributed by atoms with Gasteiger partial charge in [0.2, 0.25) is 0 Å². The van der Waals surface area contributed by atoms with Crippen LogP contribution >= 0.6 is 11.8 Å². The molecule has 21 heavy (non-hydrogen) atoms. The van der Waals surface area contributed by atoms with Crippen LogP contribution in [0.3, 0.4) is 0 Å². The van der Waals surface area contributed by atoms with Crippen molar-refractivity contribution in [3.05, 3.63) is 66.4 Å². The van der Waals surface area contributed by atoms with Gasteiger partial charge in [0, 0.05) is 23.2 Å². The van der Waals surface area contributed by atoms with Crippen LogP contribution in [0.2, 0.25) is 0 Å². The Morgan fingerprint density at radius 1 is 1.10 bits per heavy atom. The number of H-pyrrole nitrogens is 1. The highest BCUT2D eigenvalue weighted by molar-refractivity contribution is 8.00. The molecule has 4 rings (SSSR count). The molecule has 104 valence electrons. The molecule has 1 unspecified atom stereocenters. The van der Waals surface area contributed by atoms with Gasteiger partial charge in [-0.1, -0.05) is 42.1 Å². The number of para-hydroxylation sites is 2. The van der Waals surface area contributed by atoms with Crippen molar-refractivity contribution in [3.8, 4) is 0 Å². The Hall–Kier alpha value is -2.13. The zero-order valence-corrected chi connectivity index (χ0v) is 12.6. The predicted octanol–water partition coefficient (Wildman–Crippen LogP) is 4.75. The van der Waals surface area contributed by atoms with Crippen LogP contribution in [-0.4, -0.2) is 17.4 Å². The van der Waals surface area contributed by atoms with Crippen LogP contribution in [-0.2, 0) is 0 Å². The number of aromatic nitrogens is 1. The Morgan fingerprint density at radius 3 is 2.76 bits per heavy atom. The number of thioether (sulfide) groups is 1. The zero-order chi connectivity index (χ0) is 14.2. The van der Waals surface area contributed by atoms with Gasteiger partial charge in [0.1, 0.15) is 0 Å². The Morgan fingerprint density at radius 2 is 1.90 bits per heavy atom. The lowest BCUT2D eigenvalue weighted by Crippen LogP contribution is -2.21. The van der Waals surface area contributed by atoms with E-state index >= 15 is 0 Å². The summed E-state index contributed by atoms with van der Waals surface area (Å²) < 4.78 is 0. The number of anilines is 1. The molecule has 3 aromatic rings. The molecular weight excluding hydrogens is 276 g/mol. The van der Waals surface area contributed by atoms with Crippen LogP contribution in [0, 0.1) is 0 Å². The molecule has 1 atom stereocenters. The number of nitrogens with one attached hydrogen (secondary N) is 1. The van der Waals surface area contributed by atoms with Crippen molar-refractivity contribution in [2.24, 2.45) is 0 Å². The predicted molar refractivity (Wildman–Crippen MR) is 91.8 cm³/mol. The summed E-state index contributed by atoms with van der Waals surface area (Å²) in [6.45, 7) is 0. The topological polar surface area (TPSA) is 19.0 Å². The van der Waals surface area contributed by atoms with Crippen LogP contribution in [0.4, 0.5) is 5.69 Å². The molecule has 0 saturated heterocycles. The molecule has 0 bridgehead atoms. The number of hydrogen-bond acceptors (Lipinski definition) is 2. The Balaban J connectivity index is 1.59. The van der Waals surface area contributed by atoms with E-state index in [0.717, 1.165) is 5.69 Å². The van der Waals surface area contributed by atoms with Gasteiger partial charge in [-0.3, -0.25) is 0 Å². The molecular formula is C18H16N2S. The largest absolute Gasteiger partial charge is 0.358 e. The third kappa shape index (κ3) is 2.24. The summed E-state index contributed by atoms with van der Waals surface area (Å²) in [7, 11) is 2.15. The van der Waals surface area contributed by atoms with E-state index in [-0.39, 0.29) is 0 Å². The van der Waals surface area contributed by atoms with Crippen molar-refractivity contribution >= 4 is 34.4 Å². The summed E-state index contributed by atoms with van der Waals surface area (Å²) in [5.41, 5.74) is 3.66. The third-order valence-corrected chi connectivity index (χ3v) is 5.18. The van der Waals surface area contributed by atoms with E-state index in [2.05, 4.69) is 83.7 Å². The first-order valence-electron chi connectivity index (χ1n) is 7.06. The van der Waals surface area contributed by atoms with Gasteiger partial charge >= 0.3 is 0 Å². The molecule has 2 aromatic carbocycles. The molecule has 1 N–H and O–H groups in total. The maximum Gasteiger partial charge on any atom is 0.0983 e. The average molecular weight is 292 g/mol. The second kappa shape index (κ2) is 5.01. The van der Waals surface area contributed by atoms with Crippen molar-refractivity contribution < 1.29 is 0 Å². The molecule has 3 heteroatoms. The summed E-state index contributed by atoms with van der Waals surface area (Å²) in [6.07, 6.45) is 4.44. The molecule has 0 amide bonds. The quantitative estimate of drug-likeness (QED) is 0.735. The Bertz CT molecular complexity index is 786. The Kier molecular flexibility index (Phi) is 3.00. The minimum Gasteiger partial charge on any atom is -0.358 e. The van der Waals surface area contributed by atoms with Gasteiger partial charge in [-0.05, 0) is 41.8 Å². The fraction of sp³-hybridized carbons (Fsp3) is 0.111. The molecule has 2 heterocycles. The molecule has 0 spiro atoms.